The highest BCUT2D eigenvalue weighted by Gasteiger charge is 2.34. The van der Waals surface area contributed by atoms with Gasteiger partial charge < -0.3 is 30.0 Å². The minimum atomic E-state index is -0.645. The summed E-state index contributed by atoms with van der Waals surface area (Å²) >= 11 is 5.88. The molecular formula is C26H27ClN6O6. The van der Waals surface area contributed by atoms with Crippen molar-refractivity contribution in [2.45, 2.75) is 38.6 Å². The number of ether oxygens (including phenoxy) is 1. The lowest BCUT2D eigenvalue weighted by Crippen LogP contribution is -2.49. The molecule has 2 fully saturated rings. The van der Waals surface area contributed by atoms with Crippen molar-refractivity contribution in [3.8, 4) is 0 Å². The van der Waals surface area contributed by atoms with Gasteiger partial charge in [-0.2, -0.15) is 0 Å². The third kappa shape index (κ3) is 6.02. The van der Waals surface area contributed by atoms with Crippen LogP contribution in [0.3, 0.4) is 0 Å². The lowest BCUT2D eigenvalue weighted by molar-refractivity contribution is -0.146. The van der Waals surface area contributed by atoms with Crippen molar-refractivity contribution in [3.05, 3.63) is 41.2 Å². The molecule has 0 unspecified atom stereocenters. The predicted octanol–water partition coefficient (Wildman–Crippen LogP) is 3.44. The number of hydrogen-bond acceptors (Lipinski definition) is 8. The quantitative estimate of drug-likeness (QED) is 0.418. The molecule has 3 aromatic heterocycles. The molecule has 4 heterocycles. The van der Waals surface area contributed by atoms with E-state index in [9.17, 15) is 19.2 Å². The van der Waals surface area contributed by atoms with Crippen molar-refractivity contribution in [3.63, 3.8) is 0 Å². The number of nitrogens with one attached hydrogen (secondary N) is 3. The third-order valence-electron chi connectivity index (χ3n) is 6.79. The summed E-state index contributed by atoms with van der Waals surface area (Å²) in [5, 5.41) is 8.49. The van der Waals surface area contributed by atoms with Gasteiger partial charge in [0.05, 0.1) is 11.6 Å². The highest BCUT2D eigenvalue weighted by atomic mass is 35.5. The molecule has 1 saturated carbocycles. The molecule has 39 heavy (non-hydrogen) atoms. The fraction of sp³-hybridized carbons (Fsp3) is 0.385. The van der Waals surface area contributed by atoms with Crippen molar-refractivity contribution in [2.75, 3.05) is 35.7 Å². The summed E-state index contributed by atoms with van der Waals surface area (Å²) in [5.41, 5.74) is 0.568. The molecule has 0 radical (unpaired) electrons. The van der Waals surface area contributed by atoms with Gasteiger partial charge in [-0.15, -0.1) is 0 Å². The van der Waals surface area contributed by atoms with Crippen LogP contribution < -0.4 is 16.0 Å². The van der Waals surface area contributed by atoms with Gasteiger partial charge in [0.2, 0.25) is 23.5 Å². The fourth-order valence-corrected chi connectivity index (χ4v) is 5.03. The van der Waals surface area contributed by atoms with Crippen LogP contribution >= 0.6 is 11.6 Å². The number of aromatic nitrogens is 2. The minimum Gasteiger partial charge on any atom is -0.447 e. The zero-order chi connectivity index (χ0) is 27.5. The van der Waals surface area contributed by atoms with Gasteiger partial charge in [-0.05, 0) is 49.9 Å². The van der Waals surface area contributed by atoms with Crippen LogP contribution in [0, 0.1) is 5.92 Å². The second-order valence-corrected chi connectivity index (χ2v) is 9.92. The summed E-state index contributed by atoms with van der Waals surface area (Å²) in [7, 11) is 0. The molecule has 1 aliphatic heterocycles. The van der Waals surface area contributed by atoms with Crippen LogP contribution in [0.1, 0.15) is 43.2 Å². The Morgan fingerprint density at radius 3 is 2.49 bits per heavy atom. The monoisotopic (exact) mass is 554 g/mol. The number of halogens is 1. The van der Waals surface area contributed by atoms with E-state index in [1.807, 2.05) is 4.90 Å². The van der Waals surface area contributed by atoms with E-state index < -0.39 is 5.91 Å². The number of fused-ring (bicyclic) bond motifs is 1. The molecule has 4 amide bonds. The number of hydrogen-bond donors (Lipinski definition) is 3. The summed E-state index contributed by atoms with van der Waals surface area (Å²) < 4.78 is 11.0. The number of carbonyl (C=O) groups excluding carboxylic acids is 4. The molecule has 204 valence electrons. The molecule has 12 nitrogen and oxygen atoms in total. The second-order valence-electron chi connectivity index (χ2n) is 9.48. The fourth-order valence-electron chi connectivity index (χ4n) is 4.92. The van der Waals surface area contributed by atoms with E-state index in [0.29, 0.717) is 43.9 Å². The molecule has 5 rings (SSSR count). The summed E-state index contributed by atoms with van der Waals surface area (Å²) in [6.07, 6.45) is 3.93. The molecule has 0 atom stereocenters. The molecule has 3 aromatic rings. The number of nitrogens with zero attached hydrogens (tertiary/aromatic N) is 3. The van der Waals surface area contributed by atoms with Crippen LogP contribution in [0.5, 0.6) is 0 Å². The van der Waals surface area contributed by atoms with Gasteiger partial charge in [-0.1, -0.05) is 11.6 Å². The zero-order valence-corrected chi connectivity index (χ0v) is 21.9. The first kappa shape index (κ1) is 26.6. The number of morpholine rings is 1. The van der Waals surface area contributed by atoms with E-state index >= 15 is 0 Å². The lowest BCUT2D eigenvalue weighted by Gasteiger charge is -2.38. The van der Waals surface area contributed by atoms with Gasteiger partial charge >= 0.3 is 0 Å². The smallest absolute Gasteiger partial charge is 0.294 e. The Bertz CT molecular complexity index is 1420. The Labute approximate surface area is 228 Å². The number of furan rings is 1. The van der Waals surface area contributed by atoms with Gasteiger partial charge in [-0.25, -0.2) is 9.97 Å². The van der Waals surface area contributed by atoms with Crippen LogP contribution in [-0.4, -0.2) is 64.3 Å². The highest BCUT2D eigenvalue weighted by Crippen LogP contribution is 2.34. The van der Waals surface area contributed by atoms with Crippen LogP contribution in [-0.2, 0) is 19.1 Å². The van der Waals surface area contributed by atoms with Gasteiger partial charge in [0.1, 0.15) is 29.4 Å². The van der Waals surface area contributed by atoms with Crippen molar-refractivity contribution in [1.29, 1.82) is 0 Å². The summed E-state index contributed by atoms with van der Waals surface area (Å²) in [6.45, 7) is 2.52. The SMILES string of the molecule is CC(=O)Nc1ccc2oc(C(=O)Nc3ccc(Cl)cn3)c(NC(=O)C3CCC(N4CCOCC4=O)CC3)c2n1. The van der Waals surface area contributed by atoms with E-state index in [1.54, 1.807) is 12.1 Å². The molecule has 2 aliphatic rings. The Morgan fingerprint density at radius 1 is 1.03 bits per heavy atom. The maximum absolute atomic E-state index is 13.4. The van der Waals surface area contributed by atoms with E-state index in [4.69, 9.17) is 20.8 Å². The van der Waals surface area contributed by atoms with Crippen molar-refractivity contribution < 1.29 is 28.3 Å². The van der Waals surface area contributed by atoms with Crippen LogP contribution in [0.4, 0.5) is 17.3 Å². The van der Waals surface area contributed by atoms with Crippen LogP contribution in [0.25, 0.3) is 11.1 Å². The van der Waals surface area contributed by atoms with Gasteiger partial charge in [0.15, 0.2) is 5.58 Å². The van der Waals surface area contributed by atoms with Gasteiger partial charge in [0, 0.05) is 31.6 Å². The molecule has 1 aliphatic carbocycles. The van der Waals surface area contributed by atoms with E-state index in [-0.39, 0.29) is 70.5 Å². The maximum atomic E-state index is 13.4. The number of rotatable bonds is 6. The second kappa shape index (κ2) is 11.4. The Morgan fingerprint density at radius 2 is 1.79 bits per heavy atom. The van der Waals surface area contributed by atoms with Gasteiger partial charge in [0.25, 0.3) is 5.91 Å². The van der Waals surface area contributed by atoms with E-state index in [2.05, 4.69) is 25.9 Å². The van der Waals surface area contributed by atoms with Crippen molar-refractivity contribution in [2.24, 2.45) is 5.92 Å². The van der Waals surface area contributed by atoms with Gasteiger partial charge in [-0.3, -0.25) is 19.2 Å². The van der Waals surface area contributed by atoms with Crippen molar-refractivity contribution in [1.82, 2.24) is 14.9 Å². The maximum Gasteiger partial charge on any atom is 0.294 e. The predicted molar refractivity (Wildman–Crippen MR) is 142 cm³/mol. The molecule has 0 aromatic carbocycles. The lowest BCUT2D eigenvalue weighted by atomic mass is 9.84. The number of carbonyl (C=O) groups is 4. The summed E-state index contributed by atoms with van der Waals surface area (Å²) in [6, 6.07) is 6.29. The first-order valence-electron chi connectivity index (χ1n) is 12.6. The molecule has 3 N–H and O–H groups in total. The molecule has 1 saturated heterocycles. The first-order chi connectivity index (χ1) is 18.8. The van der Waals surface area contributed by atoms with Crippen molar-refractivity contribution >= 4 is 63.7 Å². The largest absolute Gasteiger partial charge is 0.447 e. The Balaban J connectivity index is 1.37. The highest BCUT2D eigenvalue weighted by molar-refractivity contribution is 6.30. The minimum absolute atomic E-state index is 0.0223. The number of pyridine rings is 2. The topological polar surface area (TPSA) is 156 Å². The zero-order valence-electron chi connectivity index (χ0n) is 21.2. The first-order valence-corrected chi connectivity index (χ1v) is 13.0. The summed E-state index contributed by atoms with van der Waals surface area (Å²) in [5.74, 6) is -1.27. The van der Waals surface area contributed by atoms with Crippen LogP contribution in [0.2, 0.25) is 5.02 Å². The normalized spacial score (nSPS) is 19.5. The summed E-state index contributed by atoms with van der Waals surface area (Å²) in [4.78, 5) is 60.7. The average molecular weight is 555 g/mol. The Kier molecular flexibility index (Phi) is 7.75. The number of amides is 4. The number of anilines is 3. The molecule has 0 spiro atoms. The standard InChI is InChI=1S/C26H27ClN6O6/c1-14(34)29-20-9-7-18-22(30-20)23(24(39-18)26(37)31-19-8-4-16(27)12-28-19)32-25(36)15-2-5-17(6-3-15)33-10-11-38-13-21(33)35/h4,7-9,12,15,17H,2-3,5-6,10-11,13H2,1H3,(H,32,36)(H,28,31,37)(H,29,30,34). The molecule has 0 bridgehead atoms. The van der Waals surface area contributed by atoms with E-state index in [0.717, 1.165) is 0 Å². The molecule has 13 heteroatoms. The molecular weight excluding hydrogens is 528 g/mol. The van der Waals surface area contributed by atoms with E-state index in [1.165, 1.54) is 25.3 Å². The Hall–Kier alpha value is -4.03. The van der Waals surface area contributed by atoms with Crippen LogP contribution in [0.15, 0.2) is 34.9 Å². The third-order valence-corrected chi connectivity index (χ3v) is 7.02. The average Bonchev–Trinajstić information content (AvgIpc) is 3.27.